The van der Waals surface area contributed by atoms with Crippen LogP contribution < -0.4 is 5.32 Å². The van der Waals surface area contributed by atoms with Gasteiger partial charge in [-0.1, -0.05) is 42.1 Å². The van der Waals surface area contributed by atoms with E-state index in [1.807, 2.05) is 34.9 Å². The minimum absolute atomic E-state index is 0.116. The molecule has 1 aromatic heterocycles. The molecule has 5 nitrogen and oxygen atoms in total. The van der Waals surface area contributed by atoms with E-state index in [2.05, 4.69) is 15.5 Å². The van der Waals surface area contributed by atoms with Gasteiger partial charge in [0.2, 0.25) is 5.91 Å². The lowest BCUT2D eigenvalue weighted by Crippen LogP contribution is -2.24. The second-order valence-corrected chi connectivity index (χ2v) is 6.41. The van der Waals surface area contributed by atoms with Gasteiger partial charge in [-0.25, -0.2) is 4.39 Å². The minimum Gasteiger partial charge on any atom is -0.351 e. The summed E-state index contributed by atoms with van der Waals surface area (Å²) in [5.41, 5.74) is 2.37. The summed E-state index contributed by atoms with van der Waals surface area (Å²) >= 11 is 1.31. The number of benzene rings is 2. The molecule has 0 fully saturated rings. The Morgan fingerprint density at radius 2 is 2.04 bits per heavy atom. The van der Waals surface area contributed by atoms with Crippen molar-refractivity contribution in [2.24, 2.45) is 0 Å². The summed E-state index contributed by atoms with van der Waals surface area (Å²) in [7, 11) is 0. The lowest BCUT2D eigenvalue weighted by molar-refractivity contribution is -0.118. The molecule has 0 spiro atoms. The first-order chi connectivity index (χ1) is 12.1. The standard InChI is InChI=1S/C18H17FN4OS/c1-13-9-14(7-8-16(13)19)10-20-17(24)11-25-18-22-21-12-23(18)15-5-3-2-4-6-15/h2-9,12H,10-11H2,1H3,(H,20,24). The molecule has 1 heterocycles. The lowest BCUT2D eigenvalue weighted by Gasteiger charge is -2.07. The quantitative estimate of drug-likeness (QED) is 0.690. The molecule has 0 aliphatic carbocycles. The van der Waals surface area contributed by atoms with Gasteiger partial charge in [-0.3, -0.25) is 9.36 Å². The summed E-state index contributed by atoms with van der Waals surface area (Å²) in [6.45, 7) is 2.07. The van der Waals surface area contributed by atoms with Crippen LogP contribution in [0.25, 0.3) is 5.69 Å². The molecule has 0 bridgehead atoms. The Hall–Kier alpha value is -2.67. The average molecular weight is 356 g/mol. The Labute approximate surface area is 149 Å². The Bertz CT molecular complexity index is 867. The van der Waals surface area contributed by atoms with Crippen LogP contribution in [0.5, 0.6) is 0 Å². The van der Waals surface area contributed by atoms with Crippen molar-refractivity contribution < 1.29 is 9.18 Å². The maximum absolute atomic E-state index is 13.2. The Morgan fingerprint density at radius 3 is 2.80 bits per heavy atom. The third kappa shape index (κ3) is 4.45. The molecule has 0 aliphatic heterocycles. The first kappa shape index (κ1) is 17.2. The number of halogens is 1. The fourth-order valence-corrected chi connectivity index (χ4v) is 3.05. The highest BCUT2D eigenvalue weighted by molar-refractivity contribution is 7.99. The highest BCUT2D eigenvalue weighted by atomic mass is 32.2. The fraction of sp³-hybridized carbons (Fsp3) is 0.167. The van der Waals surface area contributed by atoms with Crippen LogP contribution in [0.2, 0.25) is 0 Å². The molecule has 25 heavy (non-hydrogen) atoms. The van der Waals surface area contributed by atoms with E-state index in [0.29, 0.717) is 17.3 Å². The van der Waals surface area contributed by atoms with E-state index in [1.54, 1.807) is 25.4 Å². The van der Waals surface area contributed by atoms with Gasteiger partial charge >= 0.3 is 0 Å². The zero-order chi connectivity index (χ0) is 17.6. The van der Waals surface area contributed by atoms with Gasteiger partial charge in [0.15, 0.2) is 5.16 Å². The van der Waals surface area contributed by atoms with Crippen molar-refractivity contribution in [3.05, 3.63) is 71.8 Å². The average Bonchev–Trinajstić information content (AvgIpc) is 3.10. The number of aryl methyl sites for hydroxylation is 1. The number of amides is 1. The number of para-hydroxylation sites is 1. The van der Waals surface area contributed by atoms with Crippen molar-refractivity contribution in [3.8, 4) is 5.69 Å². The summed E-state index contributed by atoms with van der Waals surface area (Å²) in [5.74, 6) is -0.133. The van der Waals surface area contributed by atoms with Gasteiger partial charge in [-0.05, 0) is 36.2 Å². The molecule has 0 unspecified atom stereocenters. The second-order valence-electron chi connectivity index (χ2n) is 5.47. The third-order valence-electron chi connectivity index (χ3n) is 3.60. The summed E-state index contributed by atoms with van der Waals surface area (Å²) in [6, 6.07) is 14.5. The summed E-state index contributed by atoms with van der Waals surface area (Å²) in [6.07, 6.45) is 1.62. The first-order valence-electron chi connectivity index (χ1n) is 7.73. The van der Waals surface area contributed by atoms with Crippen molar-refractivity contribution >= 4 is 17.7 Å². The van der Waals surface area contributed by atoms with Gasteiger partial charge in [0.1, 0.15) is 12.1 Å². The molecule has 128 valence electrons. The van der Waals surface area contributed by atoms with Crippen molar-refractivity contribution in [2.45, 2.75) is 18.6 Å². The van der Waals surface area contributed by atoms with Gasteiger partial charge in [0, 0.05) is 12.2 Å². The Balaban J connectivity index is 1.55. The van der Waals surface area contributed by atoms with Crippen LogP contribution in [-0.2, 0) is 11.3 Å². The SMILES string of the molecule is Cc1cc(CNC(=O)CSc2nncn2-c2ccccc2)ccc1F. The number of thioether (sulfide) groups is 1. The zero-order valence-corrected chi connectivity index (χ0v) is 14.5. The summed E-state index contributed by atoms with van der Waals surface area (Å²) in [5, 5.41) is 11.5. The van der Waals surface area contributed by atoms with Crippen LogP contribution in [0.15, 0.2) is 60.0 Å². The van der Waals surface area contributed by atoms with Crippen molar-refractivity contribution in [3.63, 3.8) is 0 Å². The molecule has 0 atom stereocenters. The summed E-state index contributed by atoms with van der Waals surface area (Å²) in [4.78, 5) is 12.0. The highest BCUT2D eigenvalue weighted by Crippen LogP contribution is 2.19. The van der Waals surface area contributed by atoms with Crippen LogP contribution in [0.4, 0.5) is 4.39 Å². The van der Waals surface area contributed by atoms with Gasteiger partial charge in [0.25, 0.3) is 0 Å². The number of rotatable bonds is 6. The van der Waals surface area contributed by atoms with Crippen molar-refractivity contribution in [2.75, 3.05) is 5.75 Å². The predicted octanol–water partition coefficient (Wildman–Crippen LogP) is 3.12. The molecule has 0 radical (unpaired) electrons. The molecular weight excluding hydrogens is 339 g/mol. The number of aromatic nitrogens is 3. The van der Waals surface area contributed by atoms with Crippen molar-refractivity contribution in [1.29, 1.82) is 0 Å². The summed E-state index contributed by atoms with van der Waals surface area (Å²) < 4.78 is 15.1. The van der Waals surface area contributed by atoms with Crippen molar-refractivity contribution in [1.82, 2.24) is 20.1 Å². The molecular formula is C18H17FN4OS. The molecule has 0 aliphatic rings. The highest BCUT2D eigenvalue weighted by Gasteiger charge is 2.10. The van der Waals surface area contributed by atoms with Gasteiger partial charge < -0.3 is 5.32 Å². The normalized spacial score (nSPS) is 10.6. The number of nitrogens with zero attached hydrogens (tertiary/aromatic N) is 3. The van der Waals surface area contributed by atoms with E-state index < -0.39 is 0 Å². The molecule has 0 saturated carbocycles. The van der Waals surface area contributed by atoms with E-state index in [-0.39, 0.29) is 17.5 Å². The largest absolute Gasteiger partial charge is 0.351 e. The number of carbonyl (C=O) groups excluding carboxylic acids is 1. The van der Waals surface area contributed by atoms with E-state index in [1.165, 1.54) is 17.8 Å². The maximum atomic E-state index is 13.2. The van der Waals surface area contributed by atoms with Crippen LogP contribution >= 0.6 is 11.8 Å². The third-order valence-corrected chi connectivity index (χ3v) is 4.54. The van der Waals surface area contributed by atoms with Gasteiger partial charge in [-0.15, -0.1) is 10.2 Å². The molecule has 3 rings (SSSR count). The Kier molecular flexibility index (Phi) is 5.45. The number of carbonyl (C=O) groups is 1. The van der Waals surface area contributed by atoms with Crippen LogP contribution in [0.1, 0.15) is 11.1 Å². The monoisotopic (exact) mass is 356 g/mol. The maximum Gasteiger partial charge on any atom is 0.230 e. The number of hydrogen-bond donors (Lipinski definition) is 1. The predicted molar refractivity (Wildman–Crippen MR) is 95.1 cm³/mol. The zero-order valence-electron chi connectivity index (χ0n) is 13.6. The van der Waals surface area contributed by atoms with Gasteiger partial charge in [-0.2, -0.15) is 0 Å². The van der Waals surface area contributed by atoms with Crippen LogP contribution in [0.3, 0.4) is 0 Å². The van der Waals surface area contributed by atoms with Crippen LogP contribution in [0, 0.1) is 12.7 Å². The Morgan fingerprint density at radius 1 is 1.24 bits per heavy atom. The van der Waals surface area contributed by atoms with E-state index in [9.17, 15) is 9.18 Å². The molecule has 2 aromatic carbocycles. The molecule has 0 saturated heterocycles. The minimum atomic E-state index is -0.245. The number of nitrogens with one attached hydrogen (secondary N) is 1. The molecule has 3 aromatic rings. The van der Waals surface area contributed by atoms with E-state index in [4.69, 9.17) is 0 Å². The first-order valence-corrected chi connectivity index (χ1v) is 8.72. The number of hydrogen-bond acceptors (Lipinski definition) is 4. The second kappa shape index (κ2) is 7.94. The van der Waals surface area contributed by atoms with Crippen LogP contribution in [-0.4, -0.2) is 26.4 Å². The smallest absolute Gasteiger partial charge is 0.230 e. The lowest BCUT2D eigenvalue weighted by atomic mass is 10.1. The fourth-order valence-electron chi connectivity index (χ4n) is 2.29. The molecule has 7 heteroatoms. The molecule has 1 amide bonds. The van der Waals surface area contributed by atoms with E-state index >= 15 is 0 Å². The molecule has 1 N–H and O–H groups in total. The topological polar surface area (TPSA) is 59.8 Å². The van der Waals surface area contributed by atoms with Gasteiger partial charge in [0.05, 0.1) is 5.75 Å². The van der Waals surface area contributed by atoms with E-state index in [0.717, 1.165) is 11.3 Å².